The third-order valence-corrected chi connectivity index (χ3v) is 7.47. The first-order valence-corrected chi connectivity index (χ1v) is 13.9. The fraction of sp³-hybridized carbons (Fsp3) is 0.929. The number of Topliss-reactive ketones (excluding diaryl/α,β-unsaturated/α-hetero) is 1. The molecule has 2 saturated heterocycles. The van der Waals surface area contributed by atoms with Crippen LogP contribution in [0, 0.1) is 0 Å². The second-order valence-electron chi connectivity index (χ2n) is 13.9. The molecule has 0 aromatic rings. The molecular weight excluding hydrogens is 456 g/mol. The highest BCUT2D eigenvalue weighted by Gasteiger charge is 2.44. The van der Waals surface area contributed by atoms with Gasteiger partial charge in [-0.15, -0.1) is 0 Å². The van der Waals surface area contributed by atoms with Crippen molar-refractivity contribution < 1.29 is 24.4 Å². The molecule has 8 heteroatoms. The number of hydrogen-bond acceptors (Lipinski definition) is 7. The fourth-order valence-electron chi connectivity index (χ4n) is 6.72. The maximum atomic E-state index is 12.5. The van der Waals surface area contributed by atoms with Gasteiger partial charge in [0.1, 0.15) is 6.54 Å². The number of nitrogens with one attached hydrogen (secondary N) is 4. The van der Waals surface area contributed by atoms with Crippen molar-refractivity contribution in [3.05, 3.63) is 0 Å². The molecular formula is C28H52N4O4. The van der Waals surface area contributed by atoms with Gasteiger partial charge in [0.2, 0.25) is 11.5 Å². The standard InChI is InChI=1S/C28H51N4O4/c1-25(2)15-19(16-26(3,4)31-25)35-13-9-11-29-21-23(33)22(24(21)34)30-12-10-14-36-20-17-27(5,6)32-28(7,8)18-20/h19-21,23,29,31-32H,9-18H2,1-8H3/q-1/p+1. The number of piperidine rings is 2. The molecule has 3 rings (SSSR count). The zero-order valence-corrected chi connectivity index (χ0v) is 24.0. The number of rotatable bonds is 11. The molecule has 0 aromatic carbocycles. The molecule has 2 aliphatic heterocycles. The van der Waals surface area contributed by atoms with E-state index in [0.717, 1.165) is 38.5 Å². The van der Waals surface area contributed by atoms with Gasteiger partial charge in [0, 0.05) is 35.2 Å². The highest BCUT2D eigenvalue weighted by Crippen LogP contribution is 2.31. The Hall–Kier alpha value is -0.900. The van der Waals surface area contributed by atoms with Crippen LogP contribution in [0.2, 0.25) is 0 Å². The van der Waals surface area contributed by atoms with Gasteiger partial charge < -0.3 is 30.5 Å². The van der Waals surface area contributed by atoms with Gasteiger partial charge >= 0.3 is 0 Å². The van der Waals surface area contributed by atoms with Crippen LogP contribution in [0.3, 0.4) is 0 Å². The largest absolute Gasteiger partial charge is 0.843 e. The molecule has 1 saturated carbocycles. The average Bonchev–Trinajstić information content (AvgIpc) is 2.68. The van der Waals surface area contributed by atoms with E-state index in [0.29, 0.717) is 32.0 Å². The summed E-state index contributed by atoms with van der Waals surface area (Å²) in [6.07, 6.45) is 4.92. The normalized spacial score (nSPS) is 30.9. The van der Waals surface area contributed by atoms with Crippen molar-refractivity contribution in [2.75, 3.05) is 26.3 Å². The topological polar surface area (TPSA) is 109 Å². The summed E-state index contributed by atoms with van der Waals surface area (Å²) in [7, 11) is 0. The molecule has 2 atom stereocenters. The van der Waals surface area contributed by atoms with E-state index in [2.05, 4.69) is 76.3 Å². The first-order chi connectivity index (χ1) is 16.6. The van der Waals surface area contributed by atoms with E-state index in [-0.39, 0.29) is 40.1 Å². The molecule has 0 spiro atoms. The summed E-state index contributed by atoms with van der Waals surface area (Å²) in [6.45, 7) is 20.2. The molecule has 1 aliphatic carbocycles. The zero-order chi connectivity index (χ0) is 26.8. The second-order valence-corrected chi connectivity index (χ2v) is 13.9. The third kappa shape index (κ3) is 8.57. The summed E-state index contributed by atoms with van der Waals surface area (Å²) >= 11 is 0. The second kappa shape index (κ2) is 11.5. The summed E-state index contributed by atoms with van der Waals surface area (Å²) in [5, 5.41) is 23.0. The van der Waals surface area contributed by atoms with E-state index in [1.54, 1.807) is 0 Å². The van der Waals surface area contributed by atoms with Crippen molar-refractivity contribution in [3.63, 3.8) is 0 Å². The van der Waals surface area contributed by atoms with Crippen LogP contribution in [0.5, 0.6) is 0 Å². The molecule has 0 bridgehead atoms. The van der Waals surface area contributed by atoms with Crippen LogP contribution in [0.25, 0.3) is 0 Å². The molecule has 36 heavy (non-hydrogen) atoms. The SMILES string of the molecule is CC1(C)CC(OCCCNC2C(=O)C(=[NH+]CCCOC3CC(C)(C)NC(C)(C)C3)C2[O-])CC(C)(C)N1. The van der Waals surface area contributed by atoms with Crippen LogP contribution < -0.4 is 26.0 Å². The lowest BCUT2D eigenvalue weighted by Crippen LogP contribution is -2.87. The van der Waals surface area contributed by atoms with Crippen molar-refractivity contribution >= 4 is 11.5 Å². The van der Waals surface area contributed by atoms with Gasteiger partial charge in [-0.05, 0) is 100 Å². The number of hydrogen-bond donors (Lipinski definition) is 4. The Kier molecular flexibility index (Phi) is 9.44. The highest BCUT2D eigenvalue weighted by molar-refractivity contribution is 6.48. The first kappa shape index (κ1) is 29.7. The van der Waals surface area contributed by atoms with Crippen molar-refractivity contribution in [1.82, 2.24) is 16.0 Å². The van der Waals surface area contributed by atoms with Crippen LogP contribution >= 0.6 is 0 Å². The van der Waals surface area contributed by atoms with Crippen LogP contribution in [-0.2, 0) is 14.3 Å². The molecule has 2 unspecified atom stereocenters. The lowest BCUT2D eigenvalue weighted by atomic mass is 9.81. The van der Waals surface area contributed by atoms with E-state index in [1.807, 2.05) is 0 Å². The monoisotopic (exact) mass is 508 g/mol. The van der Waals surface area contributed by atoms with E-state index >= 15 is 0 Å². The lowest BCUT2D eigenvalue weighted by molar-refractivity contribution is -0.486. The van der Waals surface area contributed by atoms with Crippen molar-refractivity contribution in [2.24, 2.45) is 0 Å². The van der Waals surface area contributed by atoms with E-state index in [1.165, 1.54) is 0 Å². The summed E-state index contributed by atoms with van der Waals surface area (Å²) in [6, 6.07) is -0.625. The highest BCUT2D eigenvalue weighted by atomic mass is 16.5. The lowest BCUT2D eigenvalue weighted by Gasteiger charge is -2.46. The Labute approximate surface area is 218 Å². The Balaban J connectivity index is 1.29. The van der Waals surface area contributed by atoms with Crippen molar-refractivity contribution in [3.8, 4) is 0 Å². The average molecular weight is 509 g/mol. The predicted octanol–water partition coefficient (Wildman–Crippen LogP) is 0.210. The van der Waals surface area contributed by atoms with Crippen molar-refractivity contribution in [2.45, 2.75) is 140 Å². The van der Waals surface area contributed by atoms with Gasteiger partial charge in [0.15, 0.2) is 0 Å². The molecule has 0 aromatic heterocycles. The Morgan fingerprint density at radius 1 is 0.833 bits per heavy atom. The Morgan fingerprint density at radius 2 is 1.28 bits per heavy atom. The summed E-state index contributed by atoms with van der Waals surface area (Å²) in [5.74, 6) is -0.0967. The molecule has 0 amide bonds. The maximum absolute atomic E-state index is 12.5. The van der Waals surface area contributed by atoms with Crippen molar-refractivity contribution in [1.29, 1.82) is 0 Å². The molecule has 8 nitrogen and oxygen atoms in total. The van der Waals surface area contributed by atoms with E-state index in [9.17, 15) is 9.90 Å². The molecule has 3 aliphatic rings. The molecule has 2 heterocycles. The minimum absolute atomic E-state index is 0.0595. The predicted molar refractivity (Wildman–Crippen MR) is 141 cm³/mol. The van der Waals surface area contributed by atoms with Gasteiger partial charge in [0.05, 0.1) is 24.9 Å². The number of ketones is 1. The van der Waals surface area contributed by atoms with Crippen LogP contribution in [0.15, 0.2) is 0 Å². The van der Waals surface area contributed by atoms with Crippen LogP contribution in [0.1, 0.15) is 93.9 Å². The summed E-state index contributed by atoms with van der Waals surface area (Å²) in [5.41, 5.74) is 0.553. The third-order valence-electron chi connectivity index (χ3n) is 7.47. The first-order valence-electron chi connectivity index (χ1n) is 13.9. The van der Waals surface area contributed by atoms with Gasteiger partial charge in [0.25, 0.3) is 0 Å². The number of ether oxygens (including phenoxy) is 2. The maximum Gasteiger partial charge on any atom is 0.236 e. The fourth-order valence-corrected chi connectivity index (χ4v) is 6.72. The van der Waals surface area contributed by atoms with Crippen LogP contribution in [-0.4, -0.2) is 84.3 Å². The van der Waals surface area contributed by atoms with Gasteiger partial charge in [-0.25, -0.2) is 4.99 Å². The minimum atomic E-state index is -1.02. The minimum Gasteiger partial charge on any atom is -0.843 e. The van der Waals surface area contributed by atoms with Gasteiger partial charge in [-0.3, -0.25) is 4.79 Å². The molecule has 208 valence electrons. The van der Waals surface area contributed by atoms with E-state index in [4.69, 9.17) is 9.47 Å². The number of carbonyl (C=O) groups excluding carboxylic acids is 1. The smallest absolute Gasteiger partial charge is 0.236 e. The Bertz CT molecular complexity index is 760. The van der Waals surface area contributed by atoms with Gasteiger partial charge in [-0.2, -0.15) is 0 Å². The summed E-state index contributed by atoms with van der Waals surface area (Å²) < 4.78 is 12.3. The molecule has 0 radical (unpaired) electrons. The quantitative estimate of drug-likeness (QED) is 0.296. The summed E-state index contributed by atoms with van der Waals surface area (Å²) in [4.78, 5) is 15.5. The van der Waals surface area contributed by atoms with Gasteiger partial charge in [-0.1, -0.05) is 0 Å². The molecule has 3 fully saturated rings. The number of carbonyl (C=O) groups is 1. The zero-order valence-electron chi connectivity index (χ0n) is 24.0. The van der Waals surface area contributed by atoms with Crippen LogP contribution in [0.4, 0.5) is 0 Å². The molecule has 4 N–H and O–H groups in total. The van der Waals surface area contributed by atoms with E-state index < -0.39 is 12.1 Å². The Morgan fingerprint density at radius 3 is 1.72 bits per heavy atom.